The Morgan fingerprint density at radius 3 is 2.51 bits per heavy atom. The third-order valence-electron chi connectivity index (χ3n) is 5.66. The van der Waals surface area contributed by atoms with E-state index in [1.807, 2.05) is 0 Å². The second kappa shape index (κ2) is 9.19. The highest BCUT2D eigenvalue weighted by atomic mass is 19.4. The van der Waals surface area contributed by atoms with E-state index >= 15 is 0 Å². The van der Waals surface area contributed by atoms with Gasteiger partial charge in [0, 0.05) is 24.4 Å². The molecule has 4 heterocycles. The van der Waals surface area contributed by atoms with Crippen molar-refractivity contribution in [2.45, 2.75) is 38.4 Å². The minimum atomic E-state index is -4.56. The Morgan fingerprint density at radius 1 is 1.17 bits per heavy atom. The zero-order chi connectivity index (χ0) is 25.4. The maximum absolute atomic E-state index is 14.5. The van der Waals surface area contributed by atoms with Crippen molar-refractivity contribution >= 4 is 5.91 Å². The molecule has 3 aromatic rings. The monoisotopic (exact) mass is 496 g/mol. The Morgan fingerprint density at radius 2 is 1.89 bits per heavy atom. The molecular weight excluding hydrogens is 475 g/mol. The number of hydrogen-bond donors (Lipinski definition) is 0. The summed E-state index contributed by atoms with van der Waals surface area (Å²) in [5.74, 6) is -4.72. The Labute approximate surface area is 196 Å². The van der Waals surface area contributed by atoms with Crippen LogP contribution in [0, 0.1) is 12.8 Å². The molecule has 186 valence electrons. The van der Waals surface area contributed by atoms with Gasteiger partial charge in [0.05, 0.1) is 30.5 Å². The van der Waals surface area contributed by atoms with Gasteiger partial charge in [0.1, 0.15) is 12.3 Å². The number of nitrogens with zero attached hydrogens (tertiary/aromatic N) is 6. The molecule has 2 atom stereocenters. The molecule has 0 radical (unpaired) electrons. The van der Waals surface area contributed by atoms with Crippen molar-refractivity contribution < 1.29 is 31.5 Å². The molecule has 1 aliphatic rings. The van der Waals surface area contributed by atoms with Gasteiger partial charge in [-0.15, -0.1) is 4.80 Å². The van der Waals surface area contributed by atoms with Crippen LogP contribution in [-0.4, -0.2) is 60.9 Å². The van der Waals surface area contributed by atoms with Gasteiger partial charge in [-0.1, -0.05) is 6.92 Å². The van der Waals surface area contributed by atoms with E-state index in [1.165, 1.54) is 17.2 Å². The van der Waals surface area contributed by atoms with Crippen molar-refractivity contribution in [3.05, 3.63) is 59.8 Å². The summed E-state index contributed by atoms with van der Waals surface area (Å²) in [7, 11) is 0. The van der Waals surface area contributed by atoms with Crippen molar-refractivity contribution in [2.75, 3.05) is 13.2 Å². The molecule has 0 aromatic carbocycles. The van der Waals surface area contributed by atoms with E-state index in [1.54, 1.807) is 26.0 Å². The molecule has 3 aromatic heterocycles. The molecule has 4 rings (SSSR count). The second-order valence-electron chi connectivity index (χ2n) is 8.37. The van der Waals surface area contributed by atoms with Gasteiger partial charge in [-0.2, -0.15) is 23.4 Å². The van der Waals surface area contributed by atoms with E-state index in [4.69, 9.17) is 4.74 Å². The highest BCUT2D eigenvalue weighted by Gasteiger charge is 2.47. The zero-order valence-corrected chi connectivity index (χ0v) is 18.7. The lowest BCUT2D eigenvalue weighted by atomic mass is 9.88. The molecule has 1 saturated heterocycles. The molecule has 35 heavy (non-hydrogen) atoms. The number of halogens is 5. The lowest BCUT2D eigenvalue weighted by Crippen LogP contribution is -2.57. The van der Waals surface area contributed by atoms with Crippen molar-refractivity contribution in [3.63, 3.8) is 0 Å². The summed E-state index contributed by atoms with van der Waals surface area (Å²) in [5, 5.41) is 8.00. The molecular formula is C22H21F5N6O2. The number of pyridine rings is 2. The molecule has 1 unspecified atom stereocenters. The summed E-state index contributed by atoms with van der Waals surface area (Å²) in [6.45, 7) is 2.09. The van der Waals surface area contributed by atoms with Gasteiger partial charge in [-0.3, -0.25) is 4.79 Å². The zero-order valence-electron chi connectivity index (χ0n) is 18.7. The van der Waals surface area contributed by atoms with Gasteiger partial charge in [0.25, 0.3) is 11.8 Å². The summed E-state index contributed by atoms with van der Waals surface area (Å²) in [6.07, 6.45) is -1.62. The second-order valence-corrected chi connectivity index (χ2v) is 8.37. The van der Waals surface area contributed by atoms with Gasteiger partial charge in [-0.25, -0.2) is 18.7 Å². The van der Waals surface area contributed by atoms with Crippen molar-refractivity contribution in [1.82, 2.24) is 29.9 Å². The Bertz CT molecular complexity index is 1180. The number of rotatable bonds is 5. The van der Waals surface area contributed by atoms with Crippen LogP contribution in [0.1, 0.15) is 35.1 Å². The third-order valence-corrected chi connectivity index (χ3v) is 5.66. The molecule has 0 bridgehead atoms. The van der Waals surface area contributed by atoms with Crippen LogP contribution in [-0.2, 0) is 6.18 Å². The van der Waals surface area contributed by atoms with Gasteiger partial charge < -0.3 is 9.64 Å². The summed E-state index contributed by atoms with van der Waals surface area (Å²) in [5.41, 5.74) is -0.347. The topological polar surface area (TPSA) is 86.0 Å². The molecule has 0 spiro atoms. The first-order valence-electron chi connectivity index (χ1n) is 10.6. The van der Waals surface area contributed by atoms with Crippen molar-refractivity contribution in [2.24, 2.45) is 5.92 Å². The summed E-state index contributed by atoms with van der Waals surface area (Å²) < 4.78 is 72.9. The third kappa shape index (κ3) is 5.38. The lowest BCUT2D eigenvalue weighted by Gasteiger charge is -2.43. The van der Waals surface area contributed by atoms with Gasteiger partial charge >= 0.3 is 6.18 Å². The number of piperidine rings is 1. The van der Waals surface area contributed by atoms with Crippen LogP contribution < -0.4 is 4.74 Å². The number of aromatic nitrogens is 5. The smallest absolute Gasteiger partial charge is 0.417 e. The predicted octanol–water partition coefficient (Wildman–Crippen LogP) is 3.95. The molecule has 1 amide bonds. The van der Waals surface area contributed by atoms with Crippen LogP contribution in [0.2, 0.25) is 0 Å². The van der Waals surface area contributed by atoms with Gasteiger partial charge in [-0.05, 0) is 31.0 Å². The minimum Gasteiger partial charge on any atom is -0.475 e. The minimum absolute atomic E-state index is 0.108. The number of alkyl halides is 5. The molecule has 1 fully saturated rings. The SMILES string of the molecule is Cc1ccc(-n2nccn2)c(C(=O)N2CC(F)(F)C[C@@H](C)C2COc2ccc(C(F)(F)F)cn2)n1. The van der Waals surface area contributed by atoms with E-state index in [9.17, 15) is 26.7 Å². The van der Waals surface area contributed by atoms with Gasteiger partial charge in [0.15, 0.2) is 5.69 Å². The lowest BCUT2D eigenvalue weighted by molar-refractivity contribution is -0.137. The average molecular weight is 496 g/mol. The molecule has 8 nitrogen and oxygen atoms in total. The molecule has 1 aliphatic heterocycles. The van der Waals surface area contributed by atoms with Crippen molar-refractivity contribution in [1.29, 1.82) is 0 Å². The van der Waals surface area contributed by atoms with Crippen LogP contribution in [0.3, 0.4) is 0 Å². The van der Waals surface area contributed by atoms with Crippen LogP contribution in [0.15, 0.2) is 42.9 Å². The average Bonchev–Trinajstić information content (AvgIpc) is 3.31. The van der Waals surface area contributed by atoms with E-state index in [2.05, 4.69) is 20.2 Å². The fourth-order valence-corrected chi connectivity index (χ4v) is 3.97. The Hall–Kier alpha value is -3.64. The summed E-state index contributed by atoms with van der Waals surface area (Å²) in [6, 6.07) is 4.25. The first kappa shape index (κ1) is 24.5. The van der Waals surface area contributed by atoms with Gasteiger partial charge in [0.2, 0.25) is 5.88 Å². The number of amides is 1. The van der Waals surface area contributed by atoms with Crippen LogP contribution in [0.4, 0.5) is 22.0 Å². The number of hydrogen-bond acceptors (Lipinski definition) is 6. The first-order valence-corrected chi connectivity index (χ1v) is 10.6. The van der Waals surface area contributed by atoms with Crippen LogP contribution in [0.5, 0.6) is 5.88 Å². The largest absolute Gasteiger partial charge is 0.475 e. The molecule has 0 N–H and O–H groups in total. The molecule has 0 aliphatic carbocycles. The molecule has 13 heteroatoms. The van der Waals surface area contributed by atoms with Crippen LogP contribution in [0.25, 0.3) is 5.69 Å². The highest BCUT2D eigenvalue weighted by Crippen LogP contribution is 2.36. The van der Waals surface area contributed by atoms with E-state index in [0.717, 1.165) is 17.0 Å². The molecule has 0 saturated carbocycles. The number of aryl methyl sites for hydroxylation is 1. The first-order chi connectivity index (χ1) is 16.4. The maximum Gasteiger partial charge on any atom is 0.417 e. The highest BCUT2D eigenvalue weighted by molar-refractivity contribution is 5.96. The summed E-state index contributed by atoms with van der Waals surface area (Å²) >= 11 is 0. The number of likely N-dealkylation sites (tertiary alicyclic amines) is 1. The quantitative estimate of drug-likeness (QED) is 0.498. The standard InChI is InChI=1S/C22H21F5N6O2/c1-13-9-21(23,24)12-32(17(13)11-35-18-6-4-15(10-28-18)22(25,26)27)20(34)19-16(5-3-14(2)31-19)33-29-7-8-30-33/h3-8,10,13,17H,9,11-12H2,1-2H3/t13-,17?/m1/s1. The number of carbonyl (C=O) groups excluding carboxylic acids is 1. The Kier molecular flexibility index (Phi) is 6.43. The fourth-order valence-electron chi connectivity index (χ4n) is 3.97. The maximum atomic E-state index is 14.5. The number of ether oxygens (including phenoxy) is 1. The van der Waals surface area contributed by atoms with E-state index in [-0.39, 0.29) is 23.9 Å². The van der Waals surface area contributed by atoms with Crippen molar-refractivity contribution in [3.8, 4) is 11.6 Å². The van der Waals surface area contributed by atoms with E-state index < -0.39 is 48.5 Å². The Balaban J connectivity index is 1.61. The van der Waals surface area contributed by atoms with Crippen LogP contribution >= 0.6 is 0 Å². The van der Waals surface area contributed by atoms with E-state index in [0.29, 0.717) is 11.9 Å². The fraction of sp³-hybridized carbons (Fsp3) is 0.409. The number of carbonyl (C=O) groups is 1. The normalized spacial score (nSPS) is 20.0. The predicted molar refractivity (Wildman–Crippen MR) is 112 cm³/mol. The summed E-state index contributed by atoms with van der Waals surface area (Å²) in [4.78, 5) is 23.6.